The minimum atomic E-state index is -4.49. The first-order valence-electron chi connectivity index (χ1n) is 21.1. The number of fused-ring (bicyclic) bond motifs is 2. The largest absolute Gasteiger partial charge is 0.457 e. The van der Waals surface area contributed by atoms with Crippen molar-refractivity contribution < 1.29 is 32.0 Å². The van der Waals surface area contributed by atoms with Crippen molar-refractivity contribution in [1.29, 1.82) is 0 Å². The number of ether oxygens (including phenoxy) is 2. The molecule has 0 fully saturated rings. The SMILES string of the molecule is CC(C)c1cccc(C(C)C)c1N1C(=O)c2cc(Oc3ccc(S(=O)(=O)O)cc3)c3c4cccc5c(C#CCCCCN=[N+]=[N-])ccc(c6c(Oc7ccccc7)cc(c2c36)C1=O)c54. The van der Waals surface area contributed by atoms with E-state index < -0.39 is 21.9 Å². The van der Waals surface area contributed by atoms with Crippen LogP contribution in [0.15, 0.2) is 125 Å². The van der Waals surface area contributed by atoms with Crippen LogP contribution in [0.3, 0.4) is 0 Å². The van der Waals surface area contributed by atoms with E-state index in [-0.39, 0.29) is 39.4 Å². The summed E-state index contributed by atoms with van der Waals surface area (Å²) in [6, 6.07) is 33.9. The van der Waals surface area contributed by atoms with Crippen molar-refractivity contribution >= 4 is 70.7 Å². The van der Waals surface area contributed by atoms with Gasteiger partial charge in [-0.25, -0.2) is 4.90 Å². The fraction of sp³-hybridized carbons (Fsp3) is 0.192. The van der Waals surface area contributed by atoms with Crippen LogP contribution in [0.5, 0.6) is 23.0 Å². The van der Waals surface area contributed by atoms with Crippen LogP contribution in [0, 0.1) is 11.8 Å². The van der Waals surface area contributed by atoms with E-state index in [4.69, 9.17) is 15.0 Å². The number of carbonyl (C=O) groups is 2. The summed E-state index contributed by atoms with van der Waals surface area (Å²) in [5.41, 5.74) is 12.2. The van der Waals surface area contributed by atoms with Crippen LogP contribution in [0.1, 0.15) is 96.2 Å². The normalized spacial score (nSPS) is 12.7. The lowest BCUT2D eigenvalue weighted by Crippen LogP contribution is -2.42. The minimum absolute atomic E-state index is 0.0247. The number of rotatable bonds is 12. The van der Waals surface area contributed by atoms with Crippen LogP contribution in [0.4, 0.5) is 5.69 Å². The average molecular weight is 867 g/mol. The molecule has 0 radical (unpaired) electrons. The Bertz CT molecular complexity index is 3400. The molecular weight excluding hydrogens is 825 g/mol. The summed E-state index contributed by atoms with van der Waals surface area (Å²) in [5, 5.41) is 9.25. The summed E-state index contributed by atoms with van der Waals surface area (Å²) in [4.78, 5) is 34.6. The standard InChI is InChI=1S/C52H42N4O7S/c1-30(2)36-17-12-18-37(31(3)4)50(36)56-51(57)41-28-43(63-34-22-24-35(25-23-34)64(59,60)61)47-39-20-13-19-38-32(14-8-5-6-11-27-54-55-53)21-26-40(45(38)39)48-44(62-33-15-9-7-10-16-33)29-42(52(56)58)46(41)49(47)48/h7,9-10,12-13,15-26,28-31H,5-6,11,27H2,1-4H3,(H,59,60,61). The minimum Gasteiger partial charge on any atom is -0.457 e. The maximum atomic E-state index is 15.4. The highest BCUT2D eigenvalue weighted by Gasteiger charge is 2.40. The van der Waals surface area contributed by atoms with Crippen molar-refractivity contribution in [2.75, 3.05) is 11.4 Å². The van der Waals surface area contributed by atoms with Crippen LogP contribution < -0.4 is 14.4 Å². The molecule has 11 nitrogen and oxygen atoms in total. The number of para-hydroxylation sites is 2. The smallest absolute Gasteiger partial charge is 0.294 e. The van der Waals surface area contributed by atoms with Gasteiger partial charge in [0.15, 0.2) is 0 Å². The van der Waals surface area contributed by atoms with Gasteiger partial charge in [-0.2, -0.15) is 8.42 Å². The van der Waals surface area contributed by atoms with Gasteiger partial charge in [0.25, 0.3) is 21.9 Å². The van der Waals surface area contributed by atoms with Gasteiger partial charge in [0.2, 0.25) is 0 Å². The summed E-state index contributed by atoms with van der Waals surface area (Å²) in [6.45, 7) is 8.56. The molecule has 64 heavy (non-hydrogen) atoms. The first-order chi connectivity index (χ1) is 30.9. The van der Waals surface area contributed by atoms with E-state index in [1.165, 1.54) is 29.2 Å². The van der Waals surface area contributed by atoms with Gasteiger partial charge < -0.3 is 9.47 Å². The van der Waals surface area contributed by atoms with Gasteiger partial charge in [-0.1, -0.05) is 105 Å². The van der Waals surface area contributed by atoms with Gasteiger partial charge in [0.1, 0.15) is 23.0 Å². The van der Waals surface area contributed by atoms with Crippen LogP contribution >= 0.6 is 0 Å². The molecule has 0 unspecified atom stereocenters. The highest BCUT2D eigenvalue weighted by Crippen LogP contribution is 2.53. The Morgan fingerprint density at radius 1 is 0.672 bits per heavy atom. The number of anilines is 1. The molecule has 8 aromatic carbocycles. The highest BCUT2D eigenvalue weighted by molar-refractivity contribution is 7.85. The first-order valence-corrected chi connectivity index (χ1v) is 22.5. The summed E-state index contributed by atoms with van der Waals surface area (Å²) in [5.74, 6) is 7.09. The molecule has 1 heterocycles. The molecule has 1 aliphatic heterocycles. The molecule has 0 saturated heterocycles. The van der Waals surface area contributed by atoms with E-state index in [0.717, 1.165) is 51.1 Å². The van der Waals surface area contributed by atoms with E-state index in [1.807, 2.05) is 107 Å². The predicted molar refractivity (Wildman–Crippen MR) is 251 cm³/mol. The molecule has 318 valence electrons. The third-order valence-electron chi connectivity index (χ3n) is 11.8. The lowest BCUT2D eigenvalue weighted by Gasteiger charge is -2.33. The fourth-order valence-corrected chi connectivity index (χ4v) is 9.36. The number of unbranched alkanes of at least 4 members (excludes halogenated alkanes) is 2. The summed E-state index contributed by atoms with van der Waals surface area (Å²) < 4.78 is 47.3. The summed E-state index contributed by atoms with van der Waals surface area (Å²) >= 11 is 0. The number of carbonyl (C=O) groups excluding carboxylic acids is 2. The molecule has 0 atom stereocenters. The second-order valence-corrected chi connectivity index (χ2v) is 17.9. The highest BCUT2D eigenvalue weighted by atomic mass is 32.2. The van der Waals surface area contributed by atoms with Crippen LogP contribution in [0.25, 0.3) is 53.5 Å². The zero-order valence-electron chi connectivity index (χ0n) is 35.5. The van der Waals surface area contributed by atoms with Crippen LogP contribution in [-0.4, -0.2) is 31.3 Å². The Morgan fingerprint density at radius 3 is 1.84 bits per heavy atom. The number of azide groups is 1. The van der Waals surface area contributed by atoms with E-state index in [9.17, 15) is 13.0 Å². The molecule has 8 aromatic rings. The molecule has 1 N–H and O–H groups in total. The Balaban J connectivity index is 1.38. The molecule has 0 bridgehead atoms. The quantitative estimate of drug-likeness (QED) is 0.0147. The number of nitrogens with zero attached hydrogens (tertiary/aromatic N) is 4. The van der Waals surface area contributed by atoms with Crippen molar-refractivity contribution in [3.63, 3.8) is 0 Å². The molecule has 0 aromatic heterocycles. The Hall–Kier alpha value is -7.42. The molecule has 1 aliphatic rings. The maximum absolute atomic E-state index is 15.4. The lowest BCUT2D eigenvalue weighted by molar-refractivity contribution is 0.0892. The van der Waals surface area contributed by atoms with Gasteiger partial charge in [-0.15, -0.1) is 0 Å². The van der Waals surface area contributed by atoms with Crippen molar-refractivity contribution in [3.05, 3.63) is 154 Å². The number of benzene rings is 8. The molecule has 0 spiro atoms. The number of amides is 2. The fourth-order valence-electron chi connectivity index (χ4n) is 8.88. The summed E-state index contributed by atoms with van der Waals surface area (Å²) in [6.07, 6.45) is 2.11. The van der Waals surface area contributed by atoms with E-state index >= 15 is 9.59 Å². The average Bonchev–Trinajstić information content (AvgIpc) is 3.28. The number of hydrogen-bond acceptors (Lipinski definition) is 7. The first kappa shape index (κ1) is 41.9. The van der Waals surface area contributed by atoms with E-state index in [1.54, 1.807) is 12.1 Å². The lowest BCUT2D eigenvalue weighted by atomic mass is 9.82. The van der Waals surface area contributed by atoms with Crippen LogP contribution in [-0.2, 0) is 10.1 Å². The van der Waals surface area contributed by atoms with Gasteiger partial charge in [0, 0.05) is 45.0 Å². The van der Waals surface area contributed by atoms with Crippen molar-refractivity contribution in [1.82, 2.24) is 0 Å². The zero-order valence-corrected chi connectivity index (χ0v) is 36.4. The Kier molecular flexibility index (Phi) is 10.9. The van der Waals surface area contributed by atoms with Gasteiger partial charge in [-0.3, -0.25) is 14.1 Å². The predicted octanol–water partition coefficient (Wildman–Crippen LogP) is 13.4. The third kappa shape index (κ3) is 7.29. The van der Waals surface area contributed by atoms with Crippen molar-refractivity contribution in [2.45, 2.75) is 63.7 Å². The van der Waals surface area contributed by atoms with Crippen LogP contribution in [0.2, 0.25) is 0 Å². The van der Waals surface area contributed by atoms with Gasteiger partial charge in [0.05, 0.1) is 21.7 Å². The topological polar surface area (TPSA) is 159 Å². The molecule has 2 amide bonds. The molecule has 12 heteroatoms. The molecular formula is C52H42N4O7S. The zero-order chi connectivity index (χ0) is 44.9. The summed E-state index contributed by atoms with van der Waals surface area (Å²) in [7, 11) is -4.49. The second-order valence-electron chi connectivity index (χ2n) is 16.5. The molecule has 0 aliphatic carbocycles. The molecule has 0 saturated carbocycles. The van der Waals surface area contributed by atoms with E-state index in [0.29, 0.717) is 51.7 Å². The third-order valence-corrected chi connectivity index (χ3v) is 12.6. The monoisotopic (exact) mass is 866 g/mol. The maximum Gasteiger partial charge on any atom is 0.294 e. The van der Waals surface area contributed by atoms with Gasteiger partial charge in [-0.05, 0) is 117 Å². The molecule has 9 rings (SSSR count). The van der Waals surface area contributed by atoms with Gasteiger partial charge >= 0.3 is 0 Å². The Morgan fingerprint density at radius 2 is 1.25 bits per heavy atom. The number of hydrogen-bond donors (Lipinski definition) is 1. The van der Waals surface area contributed by atoms with Crippen molar-refractivity contribution in [2.24, 2.45) is 5.11 Å². The number of imide groups is 1. The van der Waals surface area contributed by atoms with Crippen molar-refractivity contribution in [3.8, 4) is 34.8 Å². The Labute approximate surface area is 369 Å². The van der Waals surface area contributed by atoms with E-state index in [2.05, 4.69) is 21.9 Å². The second kappa shape index (κ2) is 16.7.